The van der Waals surface area contributed by atoms with Gasteiger partial charge in [-0.05, 0) is 61.1 Å². The summed E-state index contributed by atoms with van der Waals surface area (Å²) in [6, 6.07) is 8.81. The Morgan fingerprint density at radius 3 is 2.65 bits per heavy atom. The summed E-state index contributed by atoms with van der Waals surface area (Å²) in [7, 11) is 0. The number of aliphatic hydroxyl groups excluding tert-OH is 1. The molecule has 122 valence electrons. The summed E-state index contributed by atoms with van der Waals surface area (Å²) in [5.74, 6) is -0.282. The predicted molar refractivity (Wildman–Crippen MR) is 91.6 cm³/mol. The SMILES string of the molecule is Cc1ccc2c(C)cc(C)c(CCC3C[C@@H](O)CC(=O)O3)c2c1. The van der Waals surface area contributed by atoms with Crippen LogP contribution in [0.2, 0.25) is 0 Å². The molecular weight excluding hydrogens is 288 g/mol. The molecule has 1 unspecified atom stereocenters. The summed E-state index contributed by atoms with van der Waals surface area (Å²) in [4.78, 5) is 11.5. The molecule has 1 fully saturated rings. The highest BCUT2D eigenvalue weighted by Crippen LogP contribution is 2.29. The molecule has 2 aromatic carbocycles. The number of benzene rings is 2. The van der Waals surface area contributed by atoms with E-state index < -0.39 is 6.10 Å². The maximum atomic E-state index is 11.5. The van der Waals surface area contributed by atoms with Crippen LogP contribution in [0.4, 0.5) is 0 Å². The van der Waals surface area contributed by atoms with Crippen molar-refractivity contribution in [1.82, 2.24) is 0 Å². The van der Waals surface area contributed by atoms with Gasteiger partial charge in [0, 0.05) is 6.42 Å². The molecule has 0 bridgehead atoms. The number of aliphatic hydroxyl groups is 1. The van der Waals surface area contributed by atoms with Crippen molar-refractivity contribution in [2.45, 2.75) is 58.7 Å². The Balaban J connectivity index is 1.88. The van der Waals surface area contributed by atoms with Crippen LogP contribution in [0, 0.1) is 20.8 Å². The number of fused-ring (bicyclic) bond motifs is 1. The largest absolute Gasteiger partial charge is 0.462 e. The average molecular weight is 312 g/mol. The maximum absolute atomic E-state index is 11.5. The first-order chi connectivity index (χ1) is 10.9. The molecular formula is C20H24O3. The number of carbonyl (C=O) groups is 1. The van der Waals surface area contributed by atoms with E-state index in [0.717, 1.165) is 12.8 Å². The van der Waals surface area contributed by atoms with Gasteiger partial charge in [0.2, 0.25) is 0 Å². The molecule has 0 spiro atoms. The summed E-state index contributed by atoms with van der Waals surface area (Å²) >= 11 is 0. The lowest BCUT2D eigenvalue weighted by atomic mass is 9.90. The van der Waals surface area contributed by atoms with Crippen LogP contribution in [0.1, 0.15) is 41.5 Å². The Morgan fingerprint density at radius 1 is 1.13 bits per heavy atom. The van der Waals surface area contributed by atoms with Gasteiger partial charge in [0.1, 0.15) is 6.10 Å². The summed E-state index contributed by atoms with van der Waals surface area (Å²) < 4.78 is 5.38. The van der Waals surface area contributed by atoms with Gasteiger partial charge in [-0.1, -0.05) is 29.8 Å². The van der Waals surface area contributed by atoms with Crippen molar-refractivity contribution in [3.63, 3.8) is 0 Å². The second-order valence-electron chi connectivity index (χ2n) is 6.78. The number of ether oxygens (including phenoxy) is 1. The minimum atomic E-state index is -0.556. The fraction of sp³-hybridized carbons (Fsp3) is 0.450. The molecule has 1 aliphatic rings. The number of esters is 1. The van der Waals surface area contributed by atoms with Crippen molar-refractivity contribution in [2.24, 2.45) is 0 Å². The van der Waals surface area contributed by atoms with Crippen LogP contribution in [0.25, 0.3) is 10.8 Å². The van der Waals surface area contributed by atoms with Gasteiger partial charge < -0.3 is 9.84 Å². The van der Waals surface area contributed by atoms with Crippen molar-refractivity contribution in [3.8, 4) is 0 Å². The van der Waals surface area contributed by atoms with Gasteiger partial charge in [-0.2, -0.15) is 0 Å². The average Bonchev–Trinajstić information content (AvgIpc) is 2.45. The minimum Gasteiger partial charge on any atom is -0.462 e. The highest BCUT2D eigenvalue weighted by atomic mass is 16.5. The zero-order chi connectivity index (χ0) is 16.6. The Kier molecular flexibility index (Phi) is 4.40. The van der Waals surface area contributed by atoms with Crippen LogP contribution in [-0.2, 0) is 16.0 Å². The molecule has 0 aromatic heterocycles. The summed E-state index contributed by atoms with van der Waals surface area (Å²) in [6.45, 7) is 6.40. The van der Waals surface area contributed by atoms with Gasteiger partial charge in [-0.3, -0.25) is 4.79 Å². The topological polar surface area (TPSA) is 46.5 Å². The van der Waals surface area contributed by atoms with Crippen LogP contribution >= 0.6 is 0 Å². The van der Waals surface area contributed by atoms with E-state index in [2.05, 4.69) is 45.0 Å². The highest BCUT2D eigenvalue weighted by molar-refractivity contribution is 5.90. The number of hydrogen-bond donors (Lipinski definition) is 1. The lowest BCUT2D eigenvalue weighted by Crippen LogP contribution is -2.32. The molecule has 1 saturated heterocycles. The number of cyclic esters (lactones) is 1. The van der Waals surface area contributed by atoms with Crippen molar-refractivity contribution in [2.75, 3.05) is 0 Å². The van der Waals surface area contributed by atoms with E-state index in [0.29, 0.717) is 6.42 Å². The fourth-order valence-corrected chi connectivity index (χ4v) is 3.63. The number of carbonyl (C=O) groups excluding carboxylic acids is 1. The van der Waals surface area contributed by atoms with Gasteiger partial charge in [0.05, 0.1) is 12.5 Å². The van der Waals surface area contributed by atoms with Gasteiger partial charge in [-0.25, -0.2) is 0 Å². The normalized spacial score (nSPS) is 21.5. The third-order valence-electron chi connectivity index (χ3n) is 4.79. The number of rotatable bonds is 3. The molecule has 2 atom stereocenters. The first kappa shape index (κ1) is 16.0. The summed E-state index contributed by atoms with van der Waals surface area (Å²) in [6.07, 6.45) is 1.56. The second-order valence-corrected chi connectivity index (χ2v) is 6.78. The molecule has 1 N–H and O–H groups in total. The van der Waals surface area contributed by atoms with Crippen LogP contribution in [0.5, 0.6) is 0 Å². The third kappa shape index (κ3) is 3.40. The molecule has 3 nitrogen and oxygen atoms in total. The van der Waals surface area contributed by atoms with E-state index >= 15 is 0 Å². The van der Waals surface area contributed by atoms with E-state index in [1.165, 1.54) is 33.0 Å². The van der Waals surface area contributed by atoms with Crippen molar-refractivity contribution in [3.05, 3.63) is 46.5 Å². The fourth-order valence-electron chi connectivity index (χ4n) is 3.63. The quantitative estimate of drug-likeness (QED) is 0.878. The number of hydrogen-bond acceptors (Lipinski definition) is 3. The zero-order valence-corrected chi connectivity index (χ0v) is 14.1. The third-order valence-corrected chi connectivity index (χ3v) is 4.79. The zero-order valence-electron chi connectivity index (χ0n) is 14.1. The maximum Gasteiger partial charge on any atom is 0.308 e. The van der Waals surface area contributed by atoms with Gasteiger partial charge in [0.15, 0.2) is 0 Å². The molecule has 1 aliphatic heterocycles. The van der Waals surface area contributed by atoms with E-state index in [9.17, 15) is 9.90 Å². The highest BCUT2D eigenvalue weighted by Gasteiger charge is 2.27. The standard InChI is InChI=1S/C20H24O3/c1-12-4-6-17-13(2)9-14(3)18(19(17)8-12)7-5-16-10-15(21)11-20(22)23-16/h4,6,8-9,15-16,21H,5,7,10-11H2,1-3H3/t15-,16?/m1/s1. The lowest BCUT2D eigenvalue weighted by Gasteiger charge is -2.26. The van der Waals surface area contributed by atoms with Gasteiger partial charge in [-0.15, -0.1) is 0 Å². The van der Waals surface area contributed by atoms with Crippen LogP contribution < -0.4 is 0 Å². The van der Waals surface area contributed by atoms with E-state index in [4.69, 9.17) is 4.74 Å². The molecule has 2 aromatic rings. The Labute approximate surface area is 137 Å². The van der Waals surface area contributed by atoms with Crippen molar-refractivity contribution >= 4 is 16.7 Å². The summed E-state index contributed by atoms with van der Waals surface area (Å²) in [5.41, 5.74) is 5.15. The monoisotopic (exact) mass is 312 g/mol. The molecule has 23 heavy (non-hydrogen) atoms. The van der Waals surface area contributed by atoms with Crippen molar-refractivity contribution < 1.29 is 14.6 Å². The lowest BCUT2D eigenvalue weighted by molar-refractivity contribution is -0.160. The molecule has 0 amide bonds. The predicted octanol–water partition coefficient (Wildman–Crippen LogP) is 3.76. The van der Waals surface area contributed by atoms with Crippen LogP contribution in [0.3, 0.4) is 0 Å². The van der Waals surface area contributed by atoms with E-state index in [1.54, 1.807) is 0 Å². The Morgan fingerprint density at radius 2 is 1.91 bits per heavy atom. The van der Waals surface area contributed by atoms with Crippen LogP contribution in [-0.4, -0.2) is 23.3 Å². The molecule has 3 rings (SSSR count). The molecule has 1 heterocycles. The molecule has 0 aliphatic carbocycles. The van der Waals surface area contributed by atoms with E-state index in [-0.39, 0.29) is 18.5 Å². The van der Waals surface area contributed by atoms with Crippen LogP contribution in [0.15, 0.2) is 24.3 Å². The first-order valence-corrected chi connectivity index (χ1v) is 8.31. The molecule has 0 saturated carbocycles. The summed E-state index contributed by atoms with van der Waals surface area (Å²) in [5, 5.41) is 12.3. The second kappa shape index (κ2) is 6.32. The number of aryl methyl sites for hydroxylation is 4. The Bertz CT molecular complexity index is 748. The smallest absolute Gasteiger partial charge is 0.308 e. The van der Waals surface area contributed by atoms with Gasteiger partial charge in [0.25, 0.3) is 0 Å². The van der Waals surface area contributed by atoms with Gasteiger partial charge >= 0.3 is 5.97 Å². The van der Waals surface area contributed by atoms with E-state index in [1.807, 2.05) is 0 Å². The molecule has 3 heteroatoms. The first-order valence-electron chi connectivity index (χ1n) is 8.31. The molecule has 0 radical (unpaired) electrons. The Hall–Kier alpha value is -1.87. The van der Waals surface area contributed by atoms with Crippen molar-refractivity contribution in [1.29, 1.82) is 0 Å². The minimum absolute atomic E-state index is 0.127.